The molecule has 0 saturated heterocycles. The highest BCUT2D eigenvalue weighted by atomic mass is 16.5. The number of carbonyl (C=O) groups is 1. The van der Waals surface area contributed by atoms with Crippen LogP contribution in [0.15, 0.2) is 6.07 Å². The Morgan fingerprint density at radius 3 is 2.65 bits per heavy atom. The number of aliphatic hydroxyl groups excluding tert-OH is 1. The first-order chi connectivity index (χ1) is 9.34. The molecule has 1 N–H and O–H groups in total. The molecule has 0 spiro atoms. The predicted octanol–water partition coefficient (Wildman–Crippen LogP) is 2.72. The number of hydrogen-bond donors (Lipinski definition) is 1. The summed E-state index contributed by atoms with van der Waals surface area (Å²) >= 11 is 0. The van der Waals surface area contributed by atoms with Crippen molar-refractivity contribution in [3.8, 4) is 0 Å². The minimum Gasteiger partial charge on any atom is -0.466 e. The van der Waals surface area contributed by atoms with Gasteiger partial charge in [0.25, 0.3) is 0 Å². The normalized spacial score (nSPS) is 16.1. The Kier molecular flexibility index (Phi) is 4.19. The fourth-order valence-corrected chi connectivity index (χ4v) is 3.32. The molecule has 0 aliphatic heterocycles. The van der Waals surface area contributed by atoms with Gasteiger partial charge in [-0.15, -0.1) is 0 Å². The van der Waals surface area contributed by atoms with Crippen molar-refractivity contribution >= 4 is 5.97 Å². The molecule has 3 nitrogen and oxygen atoms in total. The van der Waals surface area contributed by atoms with Crippen LogP contribution in [0.5, 0.6) is 0 Å². The van der Waals surface area contributed by atoms with E-state index in [-0.39, 0.29) is 18.0 Å². The summed E-state index contributed by atoms with van der Waals surface area (Å²) in [5.41, 5.74) is 6.34. The number of hydrogen-bond acceptors (Lipinski definition) is 3. The number of carbonyl (C=O) groups excluding carboxylic acids is 1. The van der Waals surface area contributed by atoms with Crippen molar-refractivity contribution in [3.63, 3.8) is 0 Å². The Labute approximate surface area is 121 Å². The second kappa shape index (κ2) is 5.57. The van der Waals surface area contributed by atoms with Gasteiger partial charge in [0.1, 0.15) is 0 Å². The molecule has 1 aliphatic carbocycles. The minimum absolute atomic E-state index is 0.0650. The molecule has 2 rings (SSSR count). The van der Waals surface area contributed by atoms with Gasteiger partial charge in [0.05, 0.1) is 13.2 Å². The van der Waals surface area contributed by atoms with Crippen LogP contribution in [-0.2, 0) is 35.4 Å². The molecule has 0 amide bonds. The molecule has 0 atom stereocenters. The third-order valence-corrected chi connectivity index (χ3v) is 4.12. The average Bonchev–Trinajstić information content (AvgIpc) is 2.63. The standard InChI is InChI=1S/C17H24O3/c1-11-7-13-8-17(3,4)9-15(13)16(10-18)14(11)5-6-20-12(2)19/h7,18H,5-6,8-10H2,1-4H3. The highest BCUT2D eigenvalue weighted by Crippen LogP contribution is 2.40. The number of fused-ring (bicyclic) bond motifs is 1. The van der Waals surface area contributed by atoms with Gasteiger partial charge in [-0.1, -0.05) is 19.9 Å². The van der Waals surface area contributed by atoms with E-state index in [1.165, 1.54) is 23.6 Å². The van der Waals surface area contributed by atoms with Crippen LogP contribution < -0.4 is 0 Å². The van der Waals surface area contributed by atoms with Gasteiger partial charge in [-0.25, -0.2) is 0 Å². The van der Waals surface area contributed by atoms with Crippen LogP contribution in [0.25, 0.3) is 0 Å². The van der Waals surface area contributed by atoms with Crippen molar-refractivity contribution in [3.05, 3.63) is 33.9 Å². The van der Waals surface area contributed by atoms with Crippen molar-refractivity contribution in [1.29, 1.82) is 0 Å². The van der Waals surface area contributed by atoms with Crippen molar-refractivity contribution < 1.29 is 14.6 Å². The molecule has 110 valence electrons. The van der Waals surface area contributed by atoms with E-state index in [1.807, 2.05) is 0 Å². The number of ether oxygens (including phenoxy) is 1. The Morgan fingerprint density at radius 2 is 2.05 bits per heavy atom. The monoisotopic (exact) mass is 276 g/mol. The number of rotatable bonds is 4. The maximum absolute atomic E-state index is 10.9. The second-order valence-corrected chi connectivity index (χ2v) is 6.55. The molecule has 1 aromatic rings. The molecular weight excluding hydrogens is 252 g/mol. The molecule has 1 aromatic carbocycles. The lowest BCUT2D eigenvalue weighted by molar-refractivity contribution is -0.140. The summed E-state index contributed by atoms with van der Waals surface area (Å²) < 4.78 is 5.04. The number of aliphatic hydroxyl groups is 1. The molecule has 0 heterocycles. The van der Waals surface area contributed by atoms with Crippen LogP contribution in [0, 0.1) is 12.3 Å². The zero-order chi connectivity index (χ0) is 14.9. The first-order valence-corrected chi connectivity index (χ1v) is 7.21. The topological polar surface area (TPSA) is 46.5 Å². The molecule has 0 unspecified atom stereocenters. The zero-order valence-electron chi connectivity index (χ0n) is 12.9. The van der Waals surface area contributed by atoms with Crippen LogP contribution >= 0.6 is 0 Å². The molecule has 0 aromatic heterocycles. The number of esters is 1. The lowest BCUT2D eigenvalue weighted by Gasteiger charge is -2.17. The van der Waals surface area contributed by atoms with Gasteiger partial charge in [0, 0.05) is 13.3 Å². The van der Waals surface area contributed by atoms with E-state index in [4.69, 9.17) is 4.74 Å². The van der Waals surface area contributed by atoms with E-state index in [2.05, 4.69) is 26.8 Å². The third-order valence-electron chi connectivity index (χ3n) is 4.12. The van der Waals surface area contributed by atoms with Crippen LogP contribution in [0.2, 0.25) is 0 Å². The predicted molar refractivity (Wildman–Crippen MR) is 78.6 cm³/mol. The van der Waals surface area contributed by atoms with Crippen LogP contribution in [0.1, 0.15) is 48.6 Å². The Morgan fingerprint density at radius 1 is 1.35 bits per heavy atom. The molecule has 0 bridgehead atoms. The van der Waals surface area contributed by atoms with Crippen molar-refractivity contribution in [2.75, 3.05) is 6.61 Å². The minimum atomic E-state index is -0.254. The van der Waals surface area contributed by atoms with Crippen molar-refractivity contribution in [2.24, 2.45) is 5.41 Å². The highest BCUT2D eigenvalue weighted by Gasteiger charge is 2.31. The maximum atomic E-state index is 10.9. The quantitative estimate of drug-likeness (QED) is 0.860. The zero-order valence-corrected chi connectivity index (χ0v) is 12.9. The number of benzene rings is 1. The molecule has 1 aliphatic rings. The fraction of sp³-hybridized carbons (Fsp3) is 0.588. The van der Waals surface area contributed by atoms with Gasteiger partial charge in [0.15, 0.2) is 0 Å². The summed E-state index contributed by atoms with van der Waals surface area (Å²) in [4.78, 5) is 10.9. The Balaban J connectivity index is 2.32. The molecule has 0 fully saturated rings. The van der Waals surface area contributed by atoms with E-state index >= 15 is 0 Å². The van der Waals surface area contributed by atoms with Gasteiger partial charge in [-0.2, -0.15) is 0 Å². The summed E-state index contributed by atoms with van der Waals surface area (Å²) in [6, 6.07) is 2.24. The van der Waals surface area contributed by atoms with Gasteiger partial charge in [-0.3, -0.25) is 4.79 Å². The van der Waals surface area contributed by atoms with E-state index in [0.717, 1.165) is 24.0 Å². The fourth-order valence-electron chi connectivity index (χ4n) is 3.32. The molecular formula is C17H24O3. The first-order valence-electron chi connectivity index (χ1n) is 7.21. The summed E-state index contributed by atoms with van der Waals surface area (Å²) in [7, 11) is 0. The molecule has 0 saturated carbocycles. The second-order valence-electron chi connectivity index (χ2n) is 6.55. The Bertz CT molecular complexity index is 530. The summed E-state index contributed by atoms with van der Waals surface area (Å²) in [6.07, 6.45) is 2.76. The smallest absolute Gasteiger partial charge is 0.302 e. The third kappa shape index (κ3) is 3.04. The van der Waals surface area contributed by atoms with Gasteiger partial charge >= 0.3 is 5.97 Å². The largest absolute Gasteiger partial charge is 0.466 e. The van der Waals surface area contributed by atoms with E-state index < -0.39 is 0 Å². The molecule has 0 radical (unpaired) electrons. The summed E-state index contributed by atoms with van der Waals surface area (Å²) in [5, 5.41) is 9.78. The lowest BCUT2D eigenvalue weighted by Crippen LogP contribution is -2.11. The lowest BCUT2D eigenvalue weighted by atomic mass is 9.89. The average molecular weight is 276 g/mol. The van der Waals surface area contributed by atoms with Crippen LogP contribution in [0.4, 0.5) is 0 Å². The van der Waals surface area contributed by atoms with Crippen molar-refractivity contribution in [1.82, 2.24) is 0 Å². The Hall–Kier alpha value is -1.35. The van der Waals surface area contributed by atoms with E-state index in [9.17, 15) is 9.90 Å². The molecule has 3 heteroatoms. The number of aryl methyl sites for hydroxylation is 1. The first kappa shape index (κ1) is 15.0. The van der Waals surface area contributed by atoms with Crippen LogP contribution in [0.3, 0.4) is 0 Å². The molecule has 20 heavy (non-hydrogen) atoms. The van der Waals surface area contributed by atoms with E-state index in [1.54, 1.807) is 0 Å². The summed E-state index contributed by atoms with van der Waals surface area (Å²) in [5.74, 6) is -0.254. The van der Waals surface area contributed by atoms with Gasteiger partial charge in [0.2, 0.25) is 0 Å². The van der Waals surface area contributed by atoms with Gasteiger partial charge in [-0.05, 0) is 53.0 Å². The maximum Gasteiger partial charge on any atom is 0.302 e. The van der Waals surface area contributed by atoms with Crippen molar-refractivity contribution in [2.45, 2.75) is 53.6 Å². The summed E-state index contributed by atoms with van der Waals surface area (Å²) in [6.45, 7) is 8.48. The SMILES string of the molecule is CC(=O)OCCc1c(C)cc2c(c1CO)CC(C)(C)C2. The van der Waals surface area contributed by atoms with Crippen LogP contribution in [-0.4, -0.2) is 17.7 Å². The van der Waals surface area contributed by atoms with E-state index in [0.29, 0.717) is 13.0 Å². The highest BCUT2D eigenvalue weighted by molar-refractivity contribution is 5.65. The van der Waals surface area contributed by atoms with Gasteiger partial charge < -0.3 is 9.84 Å².